The molecule has 6 rings (SSSR count). The van der Waals surface area contributed by atoms with Crippen molar-refractivity contribution < 1.29 is 19.1 Å². The molecule has 0 amide bonds. The van der Waals surface area contributed by atoms with Crippen LogP contribution in [0.4, 0.5) is 0 Å². The Hall–Kier alpha value is -1.32. The number of esters is 2. The highest BCUT2D eigenvalue weighted by Crippen LogP contribution is 2.64. The standard InChI is InChI=1S/C25H36O4/c1-15(28-23(27)21-11-16-4-5-20(21)10-16)6-22(26)29-24(2,3)25-12-17-7-18(13-25)9-19(8-17)14-25/h4-5,15-21H,6-14H2,1-3H3. The van der Waals surface area contributed by atoms with Crippen molar-refractivity contribution in [3.8, 4) is 0 Å². The first kappa shape index (κ1) is 19.6. The second-order valence-electron chi connectivity index (χ2n) is 11.5. The Labute approximate surface area is 174 Å². The Bertz CT molecular complexity index is 685. The Morgan fingerprint density at radius 3 is 2.14 bits per heavy atom. The second-order valence-corrected chi connectivity index (χ2v) is 11.5. The maximum Gasteiger partial charge on any atom is 0.310 e. The van der Waals surface area contributed by atoms with Gasteiger partial charge >= 0.3 is 11.9 Å². The van der Waals surface area contributed by atoms with E-state index in [9.17, 15) is 9.59 Å². The molecular weight excluding hydrogens is 364 g/mol. The van der Waals surface area contributed by atoms with Crippen LogP contribution in [0.15, 0.2) is 12.2 Å². The molecule has 6 bridgehead atoms. The van der Waals surface area contributed by atoms with Crippen LogP contribution in [0.5, 0.6) is 0 Å². The van der Waals surface area contributed by atoms with Crippen LogP contribution in [-0.2, 0) is 19.1 Å². The first-order chi connectivity index (χ1) is 13.7. The summed E-state index contributed by atoms with van der Waals surface area (Å²) in [6.07, 6.45) is 13.9. The molecule has 0 aliphatic heterocycles. The minimum absolute atomic E-state index is 0.0214. The Kier molecular flexibility index (Phi) is 4.64. The van der Waals surface area contributed by atoms with E-state index in [1.165, 1.54) is 38.5 Å². The molecule has 160 valence electrons. The van der Waals surface area contributed by atoms with Gasteiger partial charge < -0.3 is 9.47 Å². The molecule has 4 heteroatoms. The number of ether oxygens (including phenoxy) is 2. The van der Waals surface area contributed by atoms with E-state index in [1.807, 2.05) is 6.92 Å². The lowest BCUT2D eigenvalue weighted by molar-refractivity contribution is -0.200. The number of allylic oxidation sites excluding steroid dienone is 2. The lowest BCUT2D eigenvalue weighted by Crippen LogP contribution is -2.57. The van der Waals surface area contributed by atoms with Gasteiger partial charge in [0.2, 0.25) is 0 Å². The van der Waals surface area contributed by atoms with Crippen molar-refractivity contribution in [3.63, 3.8) is 0 Å². The highest BCUT2D eigenvalue weighted by Gasteiger charge is 2.58. The third kappa shape index (κ3) is 3.45. The van der Waals surface area contributed by atoms with E-state index >= 15 is 0 Å². The number of hydrogen-bond acceptors (Lipinski definition) is 4. The van der Waals surface area contributed by atoms with Crippen LogP contribution in [0.2, 0.25) is 0 Å². The first-order valence-corrected chi connectivity index (χ1v) is 11.8. The lowest BCUT2D eigenvalue weighted by atomic mass is 9.46. The summed E-state index contributed by atoms with van der Waals surface area (Å²) in [4.78, 5) is 25.3. The number of fused-ring (bicyclic) bond motifs is 2. The predicted octanol–water partition coefficient (Wildman–Crippen LogP) is 5.06. The maximum atomic E-state index is 12.8. The molecule has 4 unspecified atom stereocenters. The fraction of sp³-hybridized carbons (Fsp3) is 0.840. The molecule has 6 aliphatic rings. The van der Waals surface area contributed by atoms with Gasteiger partial charge in [-0.05, 0) is 102 Å². The molecule has 5 fully saturated rings. The van der Waals surface area contributed by atoms with Crippen LogP contribution in [0.1, 0.15) is 78.6 Å². The smallest absolute Gasteiger partial charge is 0.310 e. The van der Waals surface area contributed by atoms with Crippen LogP contribution in [0.25, 0.3) is 0 Å². The topological polar surface area (TPSA) is 52.6 Å². The monoisotopic (exact) mass is 400 g/mol. The average molecular weight is 401 g/mol. The van der Waals surface area contributed by atoms with E-state index in [0.29, 0.717) is 11.8 Å². The van der Waals surface area contributed by atoms with Gasteiger partial charge in [-0.1, -0.05) is 12.2 Å². The molecule has 4 nitrogen and oxygen atoms in total. The van der Waals surface area contributed by atoms with Gasteiger partial charge in [0.15, 0.2) is 0 Å². The zero-order valence-electron chi connectivity index (χ0n) is 18.2. The molecule has 0 aromatic rings. The molecule has 0 aromatic carbocycles. The average Bonchev–Trinajstić information content (AvgIpc) is 3.23. The van der Waals surface area contributed by atoms with Crippen molar-refractivity contribution in [2.75, 3.05) is 0 Å². The van der Waals surface area contributed by atoms with Crippen molar-refractivity contribution in [1.29, 1.82) is 0 Å². The van der Waals surface area contributed by atoms with Gasteiger partial charge in [-0.15, -0.1) is 0 Å². The Balaban J connectivity index is 1.16. The summed E-state index contributed by atoms with van der Waals surface area (Å²) in [5, 5.41) is 0. The first-order valence-electron chi connectivity index (χ1n) is 11.8. The molecule has 4 atom stereocenters. The SMILES string of the molecule is CC(CC(=O)OC(C)(C)C12CC3CC(CC(C3)C1)C2)OC(=O)C1CC2C=CC1C2. The fourth-order valence-corrected chi connectivity index (χ4v) is 7.90. The van der Waals surface area contributed by atoms with Crippen molar-refractivity contribution in [2.45, 2.75) is 90.3 Å². The molecule has 5 saturated carbocycles. The zero-order chi connectivity index (χ0) is 20.4. The molecule has 6 aliphatic carbocycles. The van der Waals surface area contributed by atoms with Crippen LogP contribution in [0, 0.1) is 40.9 Å². The van der Waals surface area contributed by atoms with Crippen LogP contribution in [-0.4, -0.2) is 23.6 Å². The van der Waals surface area contributed by atoms with Crippen molar-refractivity contribution in [3.05, 3.63) is 12.2 Å². The van der Waals surface area contributed by atoms with Crippen molar-refractivity contribution >= 4 is 11.9 Å². The molecule has 0 saturated heterocycles. The molecule has 0 N–H and O–H groups in total. The van der Waals surface area contributed by atoms with Crippen molar-refractivity contribution in [1.82, 2.24) is 0 Å². The van der Waals surface area contributed by atoms with Gasteiger partial charge in [-0.3, -0.25) is 9.59 Å². The zero-order valence-corrected chi connectivity index (χ0v) is 18.2. The van der Waals surface area contributed by atoms with Gasteiger partial charge in [0, 0.05) is 5.41 Å². The van der Waals surface area contributed by atoms with E-state index in [-0.39, 0.29) is 29.7 Å². The Morgan fingerprint density at radius 1 is 1.00 bits per heavy atom. The van der Waals surface area contributed by atoms with Gasteiger partial charge in [0.1, 0.15) is 11.7 Å². The van der Waals surface area contributed by atoms with E-state index in [0.717, 1.165) is 30.6 Å². The summed E-state index contributed by atoms with van der Waals surface area (Å²) < 4.78 is 11.8. The van der Waals surface area contributed by atoms with Gasteiger partial charge in [-0.25, -0.2) is 0 Å². The molecule has 0 radical (unpaired) electrons. The fourth-order valence-electron chi connectivity index (χ4n) is 7.90. The number of carbonyl (C=O) groups is 2. The predicted molar refractivity (Wildman–Crippen MR) is 110 cm³/mol. The molecule has 0 aromatic heterocycles. The minimum atomic E-state index is -0.445. The molecule has 29 heavy (non-hydrogen) atoms. The van der Waals surface area contributed by atoms with Crippen molar-refractivity contribution in [2.24, 2.45) is 40.9 Å². The number of rotatable bonds is 6. The van der Waals surface area contributed by atoms with Gasteiger partial charge in [-0.2, -0.15) is 0 Å². The van der Waals surface area contributed by atoms with Crippen LogP contribution in [0.3, 0.4) is 0 Å². The summed E-state index contributed by atoms with van der Waals surface area (Å²) in [7, 11) is 0. The molecular formula is C25H36O4. The summed E-state index contributed by atoms with van der Waals surface area (Å²) in [5.41, 5.74) is -0.300. The third-order valence-corrected chi connectivity index (χ3v) is 9.04. The summed E-state index contributed by atoms with van der Waals surface area (Å²) in [6.45, 7) is 6.06. The van der Waals surface area contributed by atoms with E-state index in [2.05, 4.69) is 26.0 Å². The summed E-state index contributed by atoms with van der Waals surface area (Å²) in [5.74, 6) is 2.98. The van der Waals surface area contributed by atoms with Gasteiger partial charge in [0.25, 0.3) is 0 Å². The maximum absolute atomic E-state index is 12.8. The minimum Gasteiger partial charge on any atom is -0.462 e. The highest BCUT2D eigenvalue weighted by atomic mass is 16.6. The second kappa shape index (κ2) is 6.85. The summed E-state index contributed by atoms with van der Waals surface area (Å²) in [6, 6.07) is 0. The van der Waals surface area contributed by atoms with Gasteiger partial charge in [0.05, 0.1) is 12.3 Å². The highest BCUT2D eigenvalue weighted by molar-refractivity contribution is 5.75. The van der Waals surface area contributed by atoms with Crippen LogP contribution < -0.4 is 0 Å². The summed E-state index contributed by atoms with van der Waals surface area (Å²) >= 11 is 0. The molecule has 0 heterocycles. The largest absolute Gasteiger partial charge is 0.462 e. The van der Waals surface area contributed by atoms with Crippen LogP contribution >= 0.6 is 0 Å². The molecule has 0 spiro atoms. The lowest BCUT2D eigenvalue weighted by Gasteiger charge is -2.61. The quantitative estimate of drug-likeness (QED) is 0.462. The number of hydrogen-bond donors (Lipinski definition) is 0. The van der Waals surface area contributed by atoms with E-state index in [1.54, 1.807) is 0 Å². The number of carbonyl (C=O) groups excluding carboxylic acids is 2. The normalized spacial score (nSPS) is 42.9. The van der Waals surface area contributed by atoms with E-state index < -0.39 is 11.7 Å². The van der Waals surface area contributed by atoms with E-state index in [4.69, 9.17) is 9.47 Å². The Morgan fingerprint density at radius 2 is 1.62 bits per heavy atom. The third-order valence-electron chi connectivity index (χ3n) is 9.04.